The Morgan fingerprint density at radius 3 is 3.06 bits per heavy atom. The van der Waals surface area contributed by atoms with E-state index in [1.54, 1.807) is 12.1 Å². The summed E-state index contributed by atoms with van der Waals surface area (Å²) in [5.41, 5.74) is 0.0427. The Morgan fingerprint density at radius 2 is 2.38 bits per heavy atom. The highest BCUT2D eigenvalue weighted by atomic mass is 16.4. The molecule has 5 nitrogen and oxygen atoms in total. The molecule has 1 aliphatic rings. The average molecular weight is 222 g/mol. The Morgan fingerprint density at radius 1 is 1.56 bits per heavy atom. The Kier molecular flexibility index (Phi) is 3.05. The zero-order valence-electron chi connectivity index (χ0n) is 8.83. The second-order valence-corrected chi connectivity index (χ2v) is 3.86. The number of pyridine rings is 1. The van der Waals surface area contributed by atoms with Crippen LogP contribution in [0.15, 0.2) is 18.2 Å². The van der Waals surface area contributed by atoms with Gasteiger partial charge in [0.1, 0.15) is 5.82 Å². The van der Waals surface area contributed by atoms with Gasteiger partial charge in [0, 0.05) is 6.54 Å². The summed E-state index contributed by atoms with van der Waals surface area (Å²) < 4.78 is 0. The van der Waals surface area contributed by atoms with E-state index < -0.39 is 5.97 Å². The number of hydrogen-bond acceptors (Lipinski definition) is 4. The smallest absolute Gasteiger partial charge is 0.354 e. The third kappa shape index (κ3) is 1.99. The Hall–Kier alpha value is -1.62. The van der Waals surface area contributed by atoms with Crippen LogP contribution in [0.25, 0.3) is 0 Å². The normalized spacial score (nSPS) is 20.1. The fourth-order valence-electron chi connectivity index (χ4n) is 2.03. The lowest BCUT2D eigenvalue weighted by atomic mass is 10.2. The van der Waals surface area contributed by atoms with Gasteiger partial charge in [-0.2, -0.15) is 0 Å². The van der Waals surface area contributed by atoms with Gasteiger partial charge in [-0.3, -0.25) is 0 Å². The first-order valence-electron chi connectivity index (χ1n) is 5.30. The highest BCUT2D eigenvalue weighted by Crippen LogP contribution is 2.23. The van der Waals surface area contributed by atoms with E-state index in [2.05, 4.69) is 4.98 Å². The van der Waals surface area contributed by atoms with E-state index in [0.29, 0.717) is 5.82 Å². The molecule has 0 amide bonds. The summed E-state index contributed by atoms with van der Waals surface area (Å²) in [6, 6.07) is 4.99. The first kappa shape index (κ1) is 10.9. The number of hydrogen-bond donors (Lipinski definition) is 2. The van der Waals surface area contributed by atoms with Crippen molar-refractivity contribution >= 4 is 11.8 Å². The highest BCUT2D eigenvalue weighted by molar-refractivity contribution is 5.85. The SMILES string of the molecule is O=C(O)c1cccc(N2CCC[C@H]2CO)n1. The number of aliphatic hydroxyl groups excluding tert-OH is 1. The Bertz CT molecular complexity index is 395. The van der Waals surface area contributed by atoms with Gasteiger partial charge in [0.25, 0.3) is 0 Å². The van der Waals surface area contributed by atoms with Crippen LogP contribution in [-0.2, 0) is 0 Å². The molecule has 2 heterocycles. The van der Waals surface area contributed by atoms with Gasteiger partial charge in [-0.15, -0.1) is 0 Å². The van der Waals surface area contributed by atoms with Gasteiger partial charge in [-0.25, -0.2) is 9.78 Å². The molecule has 86 valence electrons. The number of carbonyl (C=O) groups is 1. The van der Waals surface area contributed by atoms with Crippen molar-refractivity contribution in [2.24, 2.45) is 0 Å². The van der Waals surface area contributed by atoms with Crippen LogP contribution < -0.4 is 4.90 Å². The van der Waals surface area contributed by atoms with Gasteiger partial charge in [0.05, 0.1) is 12.6 Å². The molecular formula is C11H14N2O3. The molecule has 1 fully saturated rings. The third-order valence-electron chi connectivity index (χ3n) is 2.84. The minimum absolute atomic E-state index is 0.0427. The van der Waals surface area contributed by atoms with E-state index in [4.69, 9.17) is 5.11 Å². The molecule has 5 heteroatoms. The predicted octanol–water partition coefficient (Wildman–Crippen LogP) is 0.741. The fraction of sp³-hybridized carbons (Fsp3) is 0.455. The first-order valence-corrected chi connectivity index (χ1v) is 5.30. The molecule has 1 aromatic heterocycles. The lowest BCUT2D eigenvalue weighted by Crippen LogP contribution is -2.32. The van der Waals surface area contributed by atoms with Crippen LogP contribution in [0, 0.1) is 0 Å². The first-order chi connectivity index (χ1) is 7.72. The Balaban J connectivity index is 2.26. The summed E-state index contributed by atoms with van der Waals surface area (Å²) in [6.07, 6.45) is 1.93. The van der Waals surface area contributed by atoms with Crippen LogP contribution in [0.4, 0.5) is 5.82 Å². The van der Waals surface area contributed by atoms with Gasteiger partial charge >= 0.3 is 5.97 Å². The predicted molar refractivity (Wildman–Crippen MR) is 58.7 cm³/mol. The summed E-state index contributed by atoms with van der Waals surface area (Å²) in [4.78, 5) is 16.8. The summed E-state index contributed by atoms with van der Waals surface area (Å²) in [6.45, 7) is 0.903. The van der Waals surface area contributed by atoms with Crippen molar-refractivity contribution < 1.29 is 15.0 Å². The van der Waals surface area contributed by atoms with E-state index in [0.717, 1.165) is 19.4 Å². The minimum atomic E-state index is -1.03. The number of carboxylic acid groups (broad SMARTS) is 1. The topological polar surface area (TPSA) is 73.7 Å². The highest BCUT2D eigenvalue weighted by Gasteiger charge is 2.25. The van der Waals surface area contributed by atoms with Crippen LogP contribution in [0.2, 0.25) is 0 Å². The minimum Gasteiger partial charge on any atom is -0.477 e. The van der Waals surface area contributed by atoms with Crippen LogP contribution in [-0.4, -0.2) is 40.4 Å². The zero-order chi connectivity index (χ0) is 11.5. The largest absolute Gasteiger partial charge is 0.477 e. The number of aliphatic hydroxyl groups is 1. The van der Waals surface area contributed by atoms with Crippen molar-refractivity contribution in [3.63, 3.8) is 0 Å². The van der Waals surface area contributed by atoms with E-state index >= 15 is 0 Å². The lowest BCUT2D eigenvalue weighted by Gasteiger charge is -2.24. The maximum Gasteiger partial charge on any atom is 0.354 e. The lowest BCUT2D eigenvalue weighted by molar-refractivity contribution is 0.0690. The number of aromatic carboxylic acids is 1. The van der Waals surface area contributed by atoms with Gasteiger partial charge in [0.2, 0.25) is 0 Å². The molecule has 1 atom stereocenters. The number of aromatic nitrogens is 1. The third-order valence-corrected chi connectivity index (χ3v) is 2.84. The maximum atomic E-state index is 10.8. The van der Waals surface area contributed by atoms with Crippen molar-refractivity contribution in [3.05, 3.63) is 23.9 Å². The second-order valence-electron chi connectivity index (χ2n) is 3.86. The van der Waals surface area contributed by atoms with Crippen LogP contribution >= 0.6 is 0 Å². The number of nitrogens with zero attached hydrogens (tertiary/aromatic N) is 2. The van der Waals surface area contributed by atoms with Crippen LogP contribution in [0.5, 0.6) is 0 Å². The van der Waals surface area contributed by atoms with Gasteiger partial charge in [-0.1, -0.05) is 6.07 Å². The molecule has 2 N–H and O–H groups in total. The van der Waals surface area contributed by atoms with E-state index in [1.807, 2.05) is 4.90 Å². The van der Waals surface area contributed by atoms with Crippen molar-refractivity contribution in [1.29, 1.82) is 0 Å². The molecular weight excluding hydrogens is 208 g/mol. The molecule has 1 aromatic rings. The van der Waals surface area contributed by atoms with Gasteiger partial charge in [0.15, 0.2) is 5.69 Å². The van der Waals surface area contributed by atoms with Crippen LogP contribution in [0.3, 0.4) is 0 Å². The average Bonchev–Trinajstić information content (AvgIpc) is 2.77. The molecule has 2 rings (SSSR count). The van der Waals surface area contributed by atoms with Crippen LogP contribution in [0.1, 0.15) is 23.3 Å². The molecule has 1 saturated heterocycles. The molecule has 0 saturated carbocycles. The maximum absolute atomic E-state index is 10.8. The molecule has 0 unspecified atom stereocenters. The van der Waals surface area contributed by atoms with Crippen molar-refractivity contribution in [2.75, 3.05) is 18.1 Å². The fourth-order valence-corrected chi connectivity index (χ4v) is 2.03. The molecule has 0 bridgehead atoms. The second kappa shape index (κ2) is 4.49. The molecule has 0 radical (unpaired) electrons. The summed E-state index contributed by atoms with van der Waals surface area (Å²) in [5, 5.41) is 18.0. The number of anilines is 1. The molecule has 0 aromatic carbocycles. The number of carboxylic acids is 1. The van der Waals surface area contributed by atoms with Crippen molar-refractivity contribution in [1.82, 2.24) is 4.98 Å². The van der Waals surface area contributed by atoms with Crippen molar-refractivity contribution in [2.45, 2.75) is 18.9 Å². The standard InChI is InChI=1S/C11H14N2O3/c14-7-8-3-2-6-13(8)10-5-1-4-9(12-10)11(15)16/h1,4-5,8,14H,2-3,6-7H2,(H,15,16)/t8-/m0/s1. The summed E-state index contributed by atoms with van der Waals surface area (Å²) in [5.74, 6) is -0.391. The monoisotopic (exact) mass is 222 g/mol. The molecule has 0 spiro atoms. The summed E-state index contributed by atoms with van der Waals surface area (Å²) in [7, 11) is 0. The van der Waals surface area contributed by atoms with E-state index in [9.17, 15) is 9.90 Å². The van der Waals surface area contributed by atoms with E-state index in [-0.39, 0.29) is 18.3 Å². The Labute approximate surface area is 93.3 Å². The molecule has 0 aliphatic carbocycles. The zero-order valence-corrected chi connectivity index (χ0v) is 8.83. The van der Waals surface area contributed by atoms with E-state index in [1.165, 1.54) is 6.07 Å². The van der Waals surface area contributed by atoms with Crippen molar-refractivity contribution in [3.8, 4) is 0 Å². The van der Waals surface area contributed by atoms with Gasteiger partial charge < -0.3 is 15.1 Å². The van der Waals surface area contributed by atoms with Gasteiger partial charge in [-0.05, 0) is 25.0 Å². The quantitative estimate of drug-likeness (QED) is 0.789. The summed E-state index contributed by atoms with van der Waals surface area (Å²) >= 11 is 0. The molecule has 1 aliphatic heterocycles. The number of rotatable bonds is 3. The molecule has 16 heavy (non-hydrogen) atoms.